The smallest absolute Gasteiger partial charge is 0.509 e. The van der Waals surface area contributed by atoms with E-state index >= 15 is 0 Å². The number of pyridine rings is 1. The molecule has 2 aromatic rings. The number of aliphatic hydroxyl groups excluding tert-OH is 1. The minimum absolute atomic E-state index is 0.0367. The van der Waals surface area contributed by atoms with Crippen molar-refractivity contribution in [3.05, 3.63) is 54.2 Å². The van der Waals surface area contributed by atoms with Crippen LogP contribution in [0.3, 0.4) is 0 Å². The Morgan fingerprint density at radius 1 is 1.10 bits per heavy atom. The maximum atomic E-state index is 13.5. The fraction of sp³-hybridized carbons (Fsp3) is 0.448. The van der Waals surface area contributed by atoms with E-state index in [2.05, 4.69) is 10.3 Å². The molecule has 224 valence electrons. The van der Waals surface area contributed by atoms with Crippen molar-refractivity contribution < 1.29 is 48.2 Å². The second kappa shape index (κ2) is 14.2. The summed E-state index contributed by atoms with van der Waals surface area (Å²) in [6.45, 7) is 5.05. The molecule has 3 rings (SSSR count). The lowest BCUT2D eigenvalue weighted by atomic mass is 9.63. The Kier molecular flexibility index (Phi) is 11.0. The van der Waals surface area contributed by atoms with E-state index in [1.807, 2.05) is 44.2 Å². The summed E-state index contributed by atoms with van der Waals surface area (Å²) in [6, 6.07) is 12.7. The van der Waals surface area contributed by atoms with Gasteiger partial charge in [-0.15, -0.1) is 0 Å². The first-order valence-corrected chi connectivity index (χ1v) is 13.6. The number of carboxylic acids is 1. The van der Waals surface area contributed by atoms with Gasteiger partial charge in [0.2, 0.25) is 0 Å². The highest BCUT2D eigenvalue weighted by atomic mass is 16.7. The number of esters is 1. The van der Waals surface area contributed by atoms with Crippen LogP contribution in [0.25, 0.3) is 11.3 Å². The number of hydrogen-bond donors (Lipinski definition) is 3. The van der Waals surface area contributed by atoms with Gasteiger partial charge in [0.25, 0.3) is 11.9 Å². The molecule has 0 aliphatic carbocycles. The monoisotopic (exact) mass is 582 g/mol. The van der Waals surface area contributed by atoms with E-state index in [0.29, 0.717) is 5.69 Å². The Morgan fingerprint density at radius 2 is 1.79 bits per heavy atom. The molecule has 0 bridgehead atoms. The Labute approximate surface area is 243 Å². The largest absolute Gasteiger partial charge is 0.531 e. The lowest BCUT2D eigenvalue weighted by Crippen LogP contribution is -2.56. The highest BCUT2D eigenvalue weighted by molar-refractivity contribution is 6.50. The second-order valence-electron chi connectivity index (χ2n) is 10.7. The molecule has 2 heterocycles. The molecule has 0 spiro atoms. The average Bonchev–Trinajstić information content (AvgIpc) is 2.94. The number of Topliss-reactive ketones (excluding diaryl/α,β-unsaturated/α-hetero) is 1. The van der Waals surface area contributed by atoms with Crippen LogP contribution < -0.4 is 5.32 Å². The number of hydrogen-bond acceptors (Lipinski definition) is 10. The lowest BCUT2D eigenvalue weighted by molar-refractivity contribution is -0.177. The van der Waals surface area contributed by atoms with E-state index < -0.39 is 73.1 Å². The molecular formula is C29H35BN2O10. The summed E-state index contributed by atoms with van der Waals surface area (Å²) >= 11 is 0. The molecule has 12 nitrogen and oxygen atoms in total. The predicted octanol–water partition coefficient (Wildman–Crippen LogP) is 2.44. The number of nitrogens with one attached hydrogen (secondary N) is 1. The zero-order valence-corrected chi connectivity index (χ0v) is 23.9. The molecule has 1 fully saturated rings. The molecule has 1 amide bonds. The van der Waals surface area contributed by atoms with Gasteiger partial charge in [-0.3, -0.25) is 19.2 Å². The third-order valence-electron chi connectivity index (χ3n) is 6.80. The number of ether oxygens (including phenoxy) is 1. The van der Waals surface area contributed by atoms with Crippen molar-refractivity contribution in [1.82, 2.24) is 10.3 Å². The van der Waals surface area contributed by atoms with Gasteiger partial charge in [0.15, 0.2) is 11.4 Å². The van der Waals surface area contributed by atoms with E-state index in [1.54, 1.807) is 12.1 Å². The van der Waals surface area contributed by atoms with Crippen LogP contribution in [0.4, 0.5) is 0 Å². The standard InChI is InChI=1S/C29H35BN2O10/c1-17(2)13-20(30-41-25(37)16-29(42-30,15-24(35)36)28(39)40-4)14-23(34)26(18(3)33)32-27(38)22-12-8-11-21(31-22)19-9-6-5-7-10-19/h5-12,17-18,20,26,33H,13-16H2,1-4H3,(H,32,38)(H,35,36)/t18-,20-,26+,29+/m1/s1. The maximum absolute atomic E-state index is 13.5. The van der Waals surface area contributed by atoms with Gasteiger partial charge in [0.1, 0.15) is 11.7 Å². The van der Waals surface area contributed by atoms with E-state index in [1.165, 1.54) is 13.0 Å². The molecule has 1 aromatic carbocycles. The quantitative estimate of drug-likeness (QED) is 0.233. The number of benzene rings is 1. The zero-order valence-electron chi connectivity index (χ0n) is 23.9. The van der Waals surface area contributed by atoms with Crippen LogP contribution in [0.1, 0.15) is 56.9 Å². The van der Waals surface area contributed by atoms with E-state index in [4.69, 9.17) is 14.0 Å². The summed E-state index contributed by atoms with van der Waals surface area (Å²) in [5.41, 5.74) is -0.757. The number of carbonyl (C=O) groups excluding carboxylic acids is 4. The number of methoxy groups -OCH3 is 1. The second-order valence-corrected chi connectivity index (χ2v) is 10.7. The topological polar surface area (TPSA) is 178 Å². The van der Waals surface area contributed by atoms with Crippen molar-refractivity contribution in [2.24, 2.45) is 5.92 Å². The normalized spacial score (nSPS) is 18.9. The predicted molar refractivity (Wildman–Crippen MR) is 150 cm³/mol. The summed E-state index contributed by atoms with van der Waals surface area (Å²) in [5.74, 6) is -5.48. The van der Waals surface area contributed by atoms with Crippen LogP contribution in [0.5, 0.6) is 0 Å². The molecule has 1 aromatic heterocycles. The first-order chi connectivity index (χ1) is 19.8. The number of carboxylic acid groups (broad SMARTS) is 1. The van der Waals surface area contributed by atoms with Gasteiger partial charge in [-0.05, 0) is 31.4 Å². The summed E-state index contributed by atoms with van der Waals surface area (Å²) in [7, 11) is -0.412. The SMILES string of the molecule is COC(=O)[C@]1(CC(=O)O)CC(=O)OB([C@@H](CC(=O)[C@@H](NC(=O)c2cccc(-c3ccccc3)n2)[C@@H](C)O)CC(C)C)O1. The summed E-state index contributed by atoms with van der Waals surface area (Å²) in [5, 5.41) is 22.4. The van der Waals surface area contributed by atoms with Crippen LogP contribution in [0, 0.1) is 5.92 Å². The van der Waals surface area contributed by atoms with Crippen LogP contribution in [-0.2, 0) is 33.2 Å². The third-order valence-corrected chi connectivity index (χ3v) is 6.80. The van der Waals surface area contributed by atoms with Crippen LogP contribution in [0.15, 0.2) is 48.5 Å². The van der Waals surface area contributed by atoms with Gasteiger partial charge >= 0.3 is 19.1 Å². The average molecular weight is 582 g/mol. The Hall–Kier alpha value is -4.10. The van der Waals surface area contributed by atoms with Gasteiger partial charge in [0, 0.05) is 17.8 Å². The Bertz CT molecular complexity index is 1300. The number of amides is 1. The number of aromatic nitrogens is 1. The number of aliphatic carboxylic acids is 1. The third kappa shape index (κ3) is 8.23. The van der Waals surface area contributed by atoms with Crippen molar-refractivity contribution in [3.63, 3.8) is 0 Å². The lowest BCUT2D eigenvalue weighted by Gasteiger charge is -2.38. The number of rotatable bonds is 13. The van der Waals surface area contributed by atoms with Gasteiger partial charge < -0.3 is 29.6 Å². The molecule has 4 atom stereocenters. The van der Waals surface area contributed by atoms with Gasteiger partial charge in [0.05, 0.1) is 31.7 Å². The van der Waals surface area contributed by atoms with Gasteiger partial charge in [-0.1, -0.05) is 50.2 Å². The van der Waals surface area contributed by atoms with Gasteiger partial charge in [-0.25, -0.2) is 9.78 Å². The molecular weight excluding hydrogens is 547 g/mol. The number of ketones is 1. The van der Waals surface area contributed by atoms with Crippen LogP contribution in [-0.4, -0.2) is 76.8 Å². The number of nitrogens with zero attached hydrogens (tertiary/aromatic N) is 1. The molecule has 3 N–H and O–H groups in total. The van der Waals surface area contributed by atoms with E-state index in [9.17, 15) is 34.2 Å². The molecule has 1 aliphatic heterocycles. The van der Waals surface area contributed by atoms with Crippen molar-refractivity contribution in [3.8, 4) is 11.3 Å². The fourth-order valence-corrected chi connectivity index (χ4v) is 4.91. The molecule has 0 saturated carbocycles. The minimum atomic E-state index is -2.13. The summed E-state index contributed by atoms with van der Waals surface area (Å²) in [6.07, 6.45) is -2.88. The van der Waals surface area contributed by atoms with Crippen molar-refractivity contribution in [2.75, 3.05) is 7.11 Å². The first-order valence-electron chi connectivity index (χ1n) is 13.6. The Morgan fingerprint density at radius 3 is 2.38 bits per heavy atom. The highest BCUT2D eigenvalue weighted by Gasteiger charge is 2.55. The van der Waals surface area contributed by atoms with Gasteiger partial charge in [-0.2, -0.15) is 0 Å². The highest BCUT2D eigenvalue weighted by Crippen LogP contribution is 2.36. The fourth-order valence-electron chi connectivity index (χ4n) is 4.91. The van der Waals surface area contributed by atoms with Crippen LogP contribution >= 0.6 is 0 Å². The van der Waals surface area contributed by atoms with E-state index in [0.717, 1.165) is 12.7 Å². The zero-order chi connectivity index (χ0) is 31.0. The van der Waals surface area contributed by atoms with E-state index in [-0.39, 0.29) is 24.5 Å². The minimum Gasteiger partial charge on any atom is -0.509 e. The maximum Gasteiger partial charge on any atom is 0.531 e. The molecule has 1 saturated heterocycles. The Balaban J connectivity index is 1.83. The summed E-state index contributed by atoms with van der Waals surface area (Å²) in [4.78, 5) is 67.7. The van der Waals surface area contributed by atoms with Crippen LogP contribution in [0.2, 0.25) is 5.82 Å². The molecule has 42 heavy (non-hydrogen) atoms. The molecule has 13 heteroatoms. The number of carbonyl (C=O) groups is 5. The summed E-state index contributed by atoms with van der Waals surface area (Å²) < 4.78 is 15.9. The van der Waals surface area contributed by atoms with Crippen molar-refractivity contribution in [2.45, 2.75) is 70.0 Å². The van der Waals surface area contributed by atoms with Crippen molar-refractivity contribution >= 4 is 36.7 Å². The van der Waals surface area contributed by atoms with Crippen molar-refractivity contribution in [1.29, 1.82) is 0 Å². The molecule has 1 aliphatic rings. The number of aliphatic hydroxyl groups is 1. The first kappa shape index (κ1) is 32.4. The molecule has 0 radical (unpaired) electrons. The molecule has 0 unspecified atom stereocenters.